The summed E-state index contributed by atoms with van der Waals surface area (Å²) in [5.41, 5.74) is 2.88. The zero-order valence-electron chi connectivity index (χ0n) is 17.6. The minimum atomic E-state index is -0.388. The number of amides is 4. The summed E-state index contributed by atoms with van der Waals surface area (Å²) >= 11 is 5.89. The average molecular weight is 455 g/mol. The molecule has 0 saturated carbocycles. The maximum absolute atomic E-state index is 13.3. The summed E-state index contributed by atoms with van der Waals surface area (Å²) in [6.07, 6.45) is 0.493. The van der Waals surface area contributed by atoms with Crippen LogP contribution in [0.25, 0.3) is 0 Å². The van der Waals surface area contributed by atoms with Crippen molar-refractivity contribution in [2.24, 2.45) is 0 Å². The predicted octanol–water partition coefficient (Wildman–Crippen LogP) is 6.04. The van der Waals surface area contributed by atoms with Crippen LogP contribution < -0.4 is 20.9 Å². The molecule has 0 aliphatic carbocycles. The van der Waals surface area contributed by atoms with Crippen molar-refractivity contribution in [2.75, 3.05) is 28.6 Å². The molecule has 32 heavy (non-hydrogen) atoms. The number of benzene rings is 3. The van der Waals surface area contributed by atoms with E-state index < -0.39 is 0 Å². The summed E-state index contributed by atoms with van der Waals surface area (Å²) < 4.78 is 13.3. The molecule has 0 aliphatic heterocycles. The molecule has 0 spiro atoms. The molecule has 3 aromatic rings. The fourth-order valence-corrected chi connectivity index (χ4v) is 3.16. The van der Waals surface area contributed by atoms with E-state index in [0.29, 0.717) is 41.6 Å². The van der Waals surface area contributed by atoms with Crippen molar-refractivity contribution < 1.29 is 14.0 Å². The van der Waals surface area contributed by atoms with Crippen LogP contribution in [0, 0.1) is 12.7 Å². The van der Waals surface area contributed by atoms with Crippen LogP contribution in [0.2, 0.25) is 5.02 Å². The molecule has 0 heterocycles. The van der Waals surface area contributed by atoms with Crippen molar-refractivity contribution in [1.82, 2.24) is 5.32 Å². The minimum absolute atomic E-state index is 0.315. The van der Waals surface area contributed by atoms with Gasteiger partial charge in [0.15, 0.2) is 0 Å². The molecular weight excluding hydrogens is 431 g/mol. The van der Waals surface area contributed by atoms with Gasteiger partial charge in [0.25, 0.3) is 0 Å². The lowest BCUT2D eigenvalue weighted by Crippen LogP contribution is -2.38. The summed E-state index contributed by atoms with van der Waals surface area (Å²) in [6, 6.07) is 19.2. The van der Waals surface area contributed by atoms with Crippen molar-refractivity contribution in [1.29, 1.82) is 0 Å². The maximum atomic E-state index is 13.3. The Balaban J connectivity index is 1.57. The Morgan fingerprint density at radius 2 is 1.66 bits per heavy atom. The molecule has 3 rings (SSSR count). The molecule has 0 atom stereocenters. The van der Waals surface area contributed by atoms with Crippen LogP contribution in [-0.4, -0.2) is 25.2 Å². The second-order valence-electron chi connectivity index (χ2n) is 7.17. The van der Waals surface area contributed by atoms with Gasteiger partial charge in [-0.05, 0) is 79.6 Å². The van der Waals surface area contributed by atoms with Gasteiger partial charge in [-0.3, -0.25) is 4.90 Å². The molecule has 3 aromatic carbocycles. The van der Waals surface area contributed by atoms with Gasteiger partial charge in [-0.1, -0.05) is 23.7 Å². The van der Waals surface area contributed by atoms with E-state index >= 15 is 0 Å². The number of carbonyl (C=O) groups is 2. The fraction of sp³-hybridized carbons (Fsp3) is 0.167. The molecule has 0 unspecified atom stereocenters. The fourth-order valence-electron chi connectivity index (χ4n) is 3.03. The lowest BCUT2D eigenvalue weighted by Gasteiger charge is -2.23. The molecule has 0 saturated heterocycles. The summed E-state index contributed by atoms with van der Waals surface area (Å²) in [4.78, 5) is 26.5. The lowest BCUT2D eigenvalue weighted by molar-refractivity contribution is 0.252. The number of rotatable bonds is 7. The molecule has 0 fully saturated rings. The Bertz CT molecular complexity index is 1060. The molecule has 166 valence electrons. The number of nitrogens with one attached hydrogen (secondary N) is 3. The molecule has 0 bridgehead atoms. The predicted molar refractivity (Wildman–Crippen MR) is 127 cm³/mol. The first-order valence-electron chi connectivity index (χ1n) is 10.1. The van der Waals surface area contributed by atoms with E-state index in [2.05, 4.69) is 16.0 Å². The third kappa shape index (κ3) is 6.99. The number of hydrogen-bond donors (Lipinski definition) is 3. The molecule has 0 radical (unpaired) electrons. The Morgan fingerprint density at radius 3 is 2.34 bits per heavy atom. The van der Waals surface area contributed by atoms with E-state index in [4.69, 9.17) is 11.6 Å². The second-order valence-corrected chi connectivity index (χ2v) is 7.61. The number of hydrogen-bond acceptors (Lipinski definition) is 2. The average Bonchev–Trinajstić information content (AvgIpc) is 2.76. The summed E-state index contributed by atoms with van der Waals surface area (Å²) in [7, 11) is 0. The van der Waals surface area contributed by atoms with Crippen LogP contribution in [0.1, 0.15) is 12.0 Å². The summed E-state index contributed by atoms with van der Waals surface area (Å²) in [6.45, 7) is 2.61. The van der Waals surface area contributed by atoms with E-state index in [9.17, 15) is 14.0 Å². The summed E-state index contributed by atoms with van der Waals surface area (Å²) in [5.74, 6) is -0.388. The van der Waals surface area contributed by atoms with Gasteiger partial charge in [-0.15, -0.1) is 0 Å². The lowest BCUT2D eigenvalue weighted by atomic mass is 10.2. The van der Waals surface area contributed by atoms with Gasteiger partial charge in [0.05, 0.1) is 0 Å². The van der Waals surface area contributed by atoms with Gasteiger partial charge in [0.1, 0.15) is 5.82 Å². The van der Waals surface area contributed by atoms with E-state index in [1.807, 2.05) is 31.2 Å². The van der Waals surface area contributed by atoms with Crippen molar-refractivity contribution in [3.05, 3.63) is 89.2 Å². The summed E-state index contributed by atoms with van der Waals surface area (Å²) in [5, 5.41) is 8.92. The monoisotopic (exact) mass is 454 g/mol. The first kappa shape index (κ1) is 23.1. The molecule has 3 N–H and O–H groups in total. The van der Waals surface area contributed by atoms with Crippen molar-refractivity contribution >= 4 is 40.7 Å². The van der Waals surface area contributed by atoms with Crippen LogP contribution >= 0.6 is 11.6 Å². The van der Waals surface area contributed by atoms with Gasteiger partial charge < -0.3 is 16.0 Å². The molecule has 4 amide bonds. The van der Waals surface area contributed by atoms with Crippen molar-refractivity contribution in [3.8, 4) is 0 Å². The Hall–Kier alpha value is -3.58. The number of urea groups is 2. The molecule has 8 heteroatoms. The molecule has 0 aromatic heterocycles. The number of anilines is 3. The van der Waals surface area contributed by atoms with Gasteiger partial charge in [-0.2, -0.15) is 0 Å². The van der Waals surface area contributed by atoms with E-state index in [1.54, 1.807) is 24.3 Å². The number of carbonyl (C=O) groups excluding carboxylic acids is 2. The van der Waals surface area contributed by atoms with Gasteiger partial charge in [0.2, 0.25) is 0 Å². The standard InChI is InChI=1S/C24H24ClFN4O2/c1-17-4-2-5-21(16-17)28-23(31)27-14-3-15-30(22-12-8-19(26)9-13-22)24(32)29-20-10-6-18(25)7-11-20/h2,4-13,16H,3,14-15H2,1H3,(H,29,32)(H2,27,28,31). The topological polar surface area (TPSA) is 73.5 Å². The van der Waals surface area contributed by atoms with E-state index in [1.165, 1.54) is 29.2 Å². The number of aryl methyl sites for hydroxylation is 1. The third-order valence-corrected chi connectivity index (χ3v) is 4.85. The zero-order valence-corrected chi connectivity index (χ0v) is 18.3. The van der Waals surface area contributed by atoms with Gasteiger partial charge in [0, 0.05) is 35.2 Å². The van der Waals surface area contributed by atoms with E-state index in [0.717, 1.165) is 5.56 Å². The SMILES string of the molecule is Cc1cccc(NC(=O)NCCCN(C(=O)Nc2ccc(Cl)cc2)c2ccc(F)cc2)c1. The Labute approximate surface area is 191 Å². The third-order valence-electron chi connectivity index (χ3n) is 4.60. The second kappa shape index (κ2) is 11.2. The van der Waals surface area contributed by atoms with Crippen LogP contribution in [0.5, 0.6) is 0 Å². The quantitative estimate of drug-likeness (QED) is 0.381. The number of nitrogens with zero attached hydrogens (tertiary/aromatic N) is 1. The highest BCUT2D eigenvalue weighted by Crippen LogP contribution is 2.19. The highest BCUT2D eigenvalue weighted by molar-refractivity contribution is 6.30. The molecule has 6 nitrogen and oxygen atoms in total. The maximum Gasteiger partial charge on any atom is 0.326 e. The van der Waals surface area contributed by atoms with Crippen LogP contribution in [0.15, 0.2) is 72.8 Å². The largest absolute Gasteiger partial charge is 0.338 e. The highest BCUT2D eigenvalue weighted by atomic mass is 35.5. The van der Waals surface area contributed by atoms with Crippen LogP contribution in [-0.2, 0) is 0 Å². The van der Waals surface area contributed by atoms with E-state index in [-0.39, 0.29) is 17.9 Å². The first-order chi connectivity index (χ1) is 15.4. The smallest absolute Gasteiger partial charge is 0.326 e. The first-order valence-corrected chi connectivity index (χ1v) is 10.5. The molecule has 0 aliphatic rings. The van der Waals surface area contributed by atoms with Gasteiger partial charge in [-0.25, -0.2) is 14.0 Å². The van der Waals surface area contributed by atoms with Crippen LogP contribution in [0.3, 0.4) is 0 Å². The normalized spacial score (nSPS) is 10.3. The number of halogens is 2. The molecular formula is C24H24ClFN4O2. The van der Waals surface area contributed by atoms with Crippen LogP contribution in [0.4, 0.5) is 31.0 Å². The van der Waals surface area contributed by atoms with Gasteiger partial charge >= 0.3 is 12.1 Å². The Kier molecular flexibility index (Phi) is 8.05. The highest BCUT2D eigenvalue weighted by Gasteiger charge is 2.16. The van der Waals surface area contributed by atoms with Crippen molar-refractivity contribution in [2.45, 2.75) is 13.3 Å². The minimum Gasteiger partial charge on any atom is -0.338 e. The Morgan fingerprint density at radius 1 is 0.938 bits per heavy atom. The zero-order chi connectivity index (χ0) is 22.9. The van der Waals surface area contributed by atoms with Crippen molar-refractivity contribution in [3.63, 3.8) is 0 Å².